The Kier molecular flexibility index (Phi) is 7.01. The maximum Gasteiger partial charge on any atom is 0.295 e. The zero-order valence-corrected chi connectivity index (χ0v) is 18.8. The number of carbonyl (C=O) groups excluding carboxylic acids is 2. The third-order valence-electron chi connectivity index (χ3n) is 5.70. The van der Waals surface area contributed by atoms with Crippen LogP contribution < -0.4 is 4.74 Å². The fourth-order valence-electron chi connectivity index (χ4n) is 3.95. The molecule has 0 aliphatic carbocycles. The summed E-state index contributed by atoms with van der Waals surface area (Å²) in [7, 11) is 0. The number of hydrogen-bond acceptors (Lipinski definition) is 5. The van der Waals surface area contributed by atoms with Gasteiger partial charge in [0.2, 0.25) is 0 Å². The number of aliphatic hydroxyl groups is 1. The highest BCUT2D eigenvalue weighted by atomic mass is 19.1. The van der Waals surface area contributed by atoms with Gasteiger partial charge in [-0.3, -0.25) is 14.6 Å². The van der Waals surface area contributed by atoms with Crippen LogP contribution in [0.1, 0.15) is 42.5 Å². The van der Waals surface area contributed by atoms with E-state index in [1.807, 2.05) is 6.07 Å². The Morgan fingerprint density at radius 1 is 1.09 bits per heavy atom. The van der Waals surface area contributed by atoms with Crippen LogP contribution in [0, 0.1) is 5.82 Å². The van der Waals surface area contributed by atoms with Crippen LogP contribution in [0.2, 0.25) is 0 Å². The van der Waals surface area contributed by atoms with Crippen LogP contribution in [0.4, 0.5) is 4.39 Å². The molecule has 7 heteroatoms. The van der Waals surface area contributed by atoms with E-state index in [1.165, 1.54) is 29.2 Å². The molecule has 1 fully saturated rings. The maximum atomic E-state index is 13.4. The molecular formula is C27H25FN2O4. The summed E-state index contributed by atoms with van der Waals surface area (Å²) in [6.45, 7) is 2.77. The van der Waals surface area contributed by atoms with Gasteiger partial charge < -0.3 is 14.7 Å². The summed E-state index contributed by atoms with van der Waals surface area (Å²) in [5.74, 6) is -1.72. The normalized spacial score (nSPS) is 17.2. The molecule has 1 aliphatic heterocycles. The largest absolute Gasteiger partial charge is 0.507 e. The number of aromatic nitrogens is 1. The quantitative estimate of drug-likeness (QED) is 0.221. The van der Waals surface area contributed by atoms with Gasteiger partial charge in [-0.05, 0) is 66.1 Å². The average molecular weight is 461 g/mol. The third kappa shape index (κ3) is 4.83. The summed E-state index contributed by atoms with van der Waals surface area (Å²) in [4.78, 5) is 31.7. The summed E-state index contributed by atoms with van der Waals surface area (Å²) in [6, 6.07) is 15.0. The number of unbranched alkanes of at least 4 members (excludes halogenated alkanes) is 1. The minimum absolute atomic E-state index is 0.0450. The van der Waals surface area contributed by atoms with Crippen LogP contribution >= 0.6 is 0 Å². The number of aliphatic hydroxyl groups excluding tert-OH is 1. The Morgan fingerprint density at radius 2 is 1.82 bits per heavy atom. The molecule has 0 bridgehead atoms. The molecule has 0 radical (unpaired) electrons. The number of carbonyl (C=O) groups is 2. The second-order valence-corrected chi connectivity index (χ2v) is 8.06. The Morgan fingerprint density at radius 3 is 2.53 bits per heavy atom. The summed E-state index contributed by atoms with van der Waals surface area (Å²) in [6.07, 6.45) is 5.11. The molecule has 0 saturated carbocycles. The second kappa shape index (κ2) is 10.3. The zero-order chi connectivity index (χ0) is 24.1. The third-order valence-corrected chi connectivity index (χ3v) is 5.70. The van der Waals surface area contributed by atoms with Crippen LogP contribution in [-0.4, -0.2) is 33.3 Å². The lowest BCUT2D eigenvalue weighted by atomic mass is 9.95. The molecule has 1 N–H and O–H groups in total. The highest BCUT2D eigenvalue weighted by Gasteiger charge is 2.46. The van der Waals surface area contributed by atoms with Crippen molar-refractivity contribution in [3.8, 4) is 5.75 Å². The van der Waals surface area contributed by atoms with Crippen molar-refractivity contribution in [3.05, 3.63) is 101 Å². The zero-order valence-electron chi connectivity index (χ0n) is 18.8. The van der Waals surface area contributed by atoms with Crippen molar-refractivity contribution in [2.45, 2.75) is 32.4 Å². The van der Waals surface area contributed by atoms with E-state index in [0.717, 1.165) is 18.4 Å². The SMILES string of the molecule is CCCCOc1cccc(C2C(=C(O)c3ccc(F)cc3)C(=O)C(=O)N2Cc2ccncc2)c1. The number of nitrogens with zero attached hydrogens (tertiary/aromatic N) is 2. The number of amides is 1. The van der Waals surface area contributed by atoms with Gasteiger partial charge in [0, 0.05) is 24.5 Å². The van der Waals surface area contributed by atoms with E-state index < -0.39 is 23.5 Å². The molecule has 1 aliphatic rings. The van der Waals surface area contributed by atoms with Crippen molar-refractivity contribution < 1.29 is 23.8 Å². The standard InChI is InChI=1S/C27H25FN2O4/c1-2-3-15-34-22-6-4-5-20(16-22)24-23(25(31)19-7-9-21(28)10-8-19)26(32)27(33)30(24)17-18-11-13-29-14-12-18/h4-14,16,24,31H,2-3,15,17H2,1H3. The lowest BCUT2D eigenvalue weighted by molar-refractivity contribution is -0.140. The van der Waals surface area contributed by atoms with E-state index in [0.29, 0.717) is 17.9 Å². The van der Waals surface area contributed by atoms with Gasteiger partial charge in [-0.2, -0.15) is 0 Å². The van der Waals surface area contributed by atoms with E-state index in [1.54, 1.807) is 42.7 Å². The van der Waals surface area contributed by atoms with Crippen molar-refractivity contribution in [2.75, 3.05) is 6.61 Å². The summed E-state index contributed by atoms with van der Waals surface area (Å²) < 4.78 is 19.3. The summed E-state index contributed by atoms with van der Waals surface area (Å²) >= 11 is 0. The average Bonchev–Trinajstić information content (AvgIpc) is 3.10. The number of benzene rings is 2. The van der Waals surface area contributed by atoms with E-state index in [9.17, 15) is 19.1 Å². The van der Waals surface area contributed by atoms with E-state index >= 15 is 0 Å². The number of hydrogen-bond donors (Lipinski definition) is 1. The highest BCUT2D eigenvalue weighted by molar-refractivity contribution is 6.46. The van der Waals surface area contributed by atoms with Crippen molar-refractivity contribution in [2.24, 2.45) is 0 Å². The predicted octanol–water partition coefficient (Wildman–Crippen LogP) is 5.02. The van der Waals surface area contributed by atoms with Crippen molar-refractivity contribution in [3.63, 3.8) is 0 Å². The molecule has 2 aromatic carbocycles. The highest BCUT2D eigenvalue weighted by Crippen LogP contribution is 2.41. The topological polar surface area (TPSA) is 79.7 Å². The number of Topliss-reactive ketones (excluding diaryl/α,β-unsaturated/α-hetero) is 1. The Hall–Kier alpha value is -4.00. The monoisotopic (exact) mass is 460 g/mol. The number of ketones is 1. The predicted molar refractivity (Wildman–Crippen MR) is 125 cm³/mol. The molecule has 2 heterocycles. The van der Waals surface area contributed by atoms with Crippen LogP contribution in [0.15, 0.2) is 78.6 Å². The first-order chi connectivity index (χ1) is 16.5. The fraction of sp³-hybridized carbons (Fsp3) is 0.222. The molecule has 1 atom stereocenters. The molecular weight excluding hydrogens is 435 g/mol. The smallest absolute Gasteiger partial charge is 0.295 e. The van der Waals surface area contributed by atoms with Gasteiger partial charge in [0.15, 0.2) is 0 Å². The van der Waals surface area contributed by atoms with Gasteiger partial charge in [0.1, 0.15) is 17.3 Å². The first-order valence-corrected chi connectivity index (χ1v) is 11.2. The number of likely N-dealkylation sites (tertiary alicyclic amines) is 1. The molecule has 3 aromatic rings. The van der Waals surface area contributed by atoms with Crippen LogP contribution in [0.3, 0.4) is 0 Å². The van der Waals surface area contributed by atoms with Crippen molar-refractivity contribution in [1.82, 2.24) is 9.88 Å². The van der Waals surface area contributed by atoms with Crippen LogP contribution in [-0.2, 0) is 16.1 Å². The van der Waals surface area contributed by atoms with Gasteiger partial charge in [0.25, 0.3) is 11.7 Å². The first-order valence-electron chi connectivity index (χ1n) is 11.2. The molecule has 34 heavy (non-hydrogen) atoms. The maximum absolute atomic E-state index is 13.4. The first kappa shape index (κ1) is 23.2. The minimum atomic E-state index is -0.840. The van der Waals surface area contributed by atoms with E-state index in [-0.39, 0.29) is 23.4 Å². The van der Waals surface area contributed by atoms with Gasteiger partial charge in [-0.25, -0.2) is 4.39 Å². The molecule has 1 amide bonds. The molecule has 1 saturated heterocycles. The van der Waals surface area contributed by atoms with Gasteiger partial charge in [-0.1, -0.05) is 25.5 Å². The molecule has 1 unspecified atom stereocenters. The minimum Gasteiger partial charge on any atom is -0.507 e. The summed E-state index contributed by atoms with van der Waals surface area (Å²) in [5.41, 5.74) is 1.63. The van der Waals surface area contributed by atoms with Crippen LogP contribution in [0.25, 0.3) is 5.76 Å². The Balaban J connectivity index is 1.80. The van der Waals surface area contributed by atoms with Gasteiger partial charge in [0.05, 0.1) is 18.2 Å². The molecule has 174 valence electrons. The lowest BCUT2D eigenvalue weighted by Crippen LogP contribution is -2.29. The van der Waals surface area contributed by atoms with Gasteiger partial charge in [-0.15, -0.1) is 0 Å². The number of pyridine rings is 1. The molecule has 0 spiro atoms. The van der Waals surface area contributed by atoms with Crippen molar-refractivity contribution >= 4 is 17.4 Å². The number of rotatable bonds is 8. The van der Waals surface area contributed by atoms with Crippen LogP contribution in [0.5, 0.6) is 5.75 Å². The van der Waals surface area contributed by atoms with Crippen molar-refractivity contribution in [1.29, 1.82) is 0 Å². The fourth-order valence-corrected chi connectivity index (χ4v) is 3.95. The number of ether oxygens (including phenoxy) is 1. The molecule has 6 nitrogen and oxygen atoms in total. The number of halogens is 1. The Labute approximate surface area is 197 Å². The molecule has 4 rings (SSSR count). The van der Waals surface area contributed by atoms with E-state index in [2.05, 4.69) is 11.9 Å². The van der Waals surface area contributed by atoms with Gasteiger partial charge >= 0.3 is 0 Å². The summed E-state index contributed by atoms with van der Waals surface area (Å²) in [5, 5.41) is 11.1. The molecule has 1 aromatic heterocycles. The Bertz CT molecular complexity index is 1210. The second-order valence-electron chi connectivity index (χ2n) is 8.06. The van der Waals surface area contributed by atoms with E-state index in [4.69, 9.17) is 4.74 Å². The lowest BCUT2D eigenvalue weighted by Gasteiger charge is -2.25.